The second-order valence-electron chi connectivity index (χ2n) is 4.82. The van der Waals surface area contributed by atoms with Gasteiger partial charge in [0.25, 0.3) is 0 Å². The van der Waals surface area contributed by atoms with Crippen LogP contribution in [-0.2, 0) is 6.54 Å². The maximum absolute atomic E-state index is 5.80. The van der Waals surface area contributed by atoms with E-state index in [0.717, 1.165) is 23.5 Å². The van der Waals surface area contributed by atoms with Gasteiger partial charge in [-0.15, -0.1) is 0 Å². The Morgan fingerprint density at radius 3 is 3.05 bits per heavy atom. The van der Waals surface area contributed by atoms with Crippen LogP contribution in [0.4, 0.5) is 5.82 Å². The smallest absolute Gasteiger partial charge is 0.234 e. The molecule has 1 aromatic carbocycles. The zero-order valence-corrected chi connectivity index (χ0v) is 12.5. The summed E-state index contributed by atoms with van der Waals surface area (Å²) >= 11 is 0. The summed E-state index contributed by atoms with van der Waals surface area (Å²) in [7, 11) is 0. The maximum Gasteiger partial charge on any atom is 0.234 e. The third-order valence-corrected chi connectivity index (χ3v) is 3.22. The lowest BCUT2D eigenvalue weighted by atomic mass is 10.2. The lowest BCUT2D eigenvalue weighted by molar-refractivity contribution is 0.296. The van der Waals surface area contributed by atoms with Gasteiger partial charge in [-0.1, -0.05) is 12.1 Å². The summed E-state index contributed by atoms with van der Waals surface area (Å²) in [5, 5.41) is 3.24. The van der Waals surface area contributed by atoms with Crippen molar-refractivity contribution in [2.75, 3.05) is 25.1 Å². The third kappa shape index (κ3) is 3.39. The number of rotatable bonds is 5. The highest BCUT2D eigenvalue weighted by Gasteiger charge is 2.14. The fourth-order valence-electron chi connectivity index (χ4n) is 2.23. The van der Waals surface area contributed by atoms with E-state index in [1.807, 2.05) is 25.1 Å². The van der Waals surface area contributed by atoms with Gasteiger partial charge >= 0.3 is 0 Å². The molecule has 0 radical (unpaired) electrons. The largest absolute Gasteiger partial charge is 0.490 e. The Morgan fingerprint density at radius 2 is 2.14 bits per heavy atom. The molecular formula is C16H19N3O3. The molecule has 0 amide bonds. The maximum atomic E-state index is 5.80. The molecule has 22 heavy (non-hydrogen) atoms. The molecule has 6 heteroatoms. The van der Waals surface area contributed by atoms with E-state index in [9.17, 15) is 0 Å². The molecule has 0 unspecified atom stereocenters. The van der Waals surface area contributed by atoms with Gasteiger partial charge in [-0.05, 0) is 13.0 Å². The summed E-state index contributed by atoms with van der Waals surface area (Å²) in [5.74, 6) is 2.78. The molecule has 0 saturated carbocycles. The Labute approximate surface area is 129 Å². The highest BCUT2D eigenvalue weighted by Crippen LogP contribution is 2.33. The minimum atomic E-state index is 0.513. The number of fused-ring (bicyclic) bond motifs is 1. The number of hydrogen-bond donors (Lipinski definition) is 1. The van der Waals surface area contributed by atoms with E-state index in [-0.39, 0.29) is 0 Å². The zero-order valence-electron chi connectivity index (χ0n) is 12.5. The average Bonchev–Trinajstić information content (AvgIpc) is 2.79. The molecule has 0 aliphatic carbocycles. The van der Waals surface area contributed by atoms with Gasteiger partial charge in [-0.2, -0.15) is 4.98 Å². The van der Waals surface area contributed by atoms with E-state index < -0.39 is 0 Å². The van der Waals surface area contributed by atoms with Crippen molar-refractivity contribution in [2.24, 2.45) is 0 Å². The van der Waals surface area contributed by atoms with Crippen LogP contribution in [0.15, 0.2) is 30.6 Å². The molecule has 2 heterocycles. The normalized spacial score (nSPS) is 13.3. The second-order valence-corrected chi connectivity index (χ2v) is 4.82. The molecule has 0 fully saturated rings. The number of nitrogens with zero attached hydrogens (tertiary/aromatic N) is 2. The molecule has 2 aromatic rings. The van der Waals surface area contributed by atoms with E-state index >= 15 is 0 Å². The lowest BCUT2D eigenvalue weighted by Gasteiger charge is -2.13. The summed E-state index contributed by atoms with van der Waals surface area (Å²) in [6, 6.07) is 5.91. The molecule has 1 aliphatic heterocycles. The summed E-state index contributed by atoms with van der Waals surface area (Å²) in [6.45, 7) is 4.42. The minimum Gasteiger partial charge on any atom is -0.490 e. The van der Waals surface area contributed by atoms with Crippen molar-refractivity contribution in [3.05, 3.63) is 36.2 Å². The van der Waals surface area contributed by atoms with Crippen molar-refractivity contribution in [3.63, 3.8) is 0 Å². The first-order valence-corrected chi connectivity index (χ1v) is 7.43. The van der Waals surface area contributed by atoms with Gasteiger partial charge in [0.2, 0.25) is 5.88 Å². The van der Waals surface area contributed by atoms with Gasteiger partial charge in [0.05, 0.1) is 32.2 Å². The summed E-state index contributed by atoms with van der Waals surface area (Å²) in [5.41, 5.74) is 1.03. The minimum absolute atomic E-state index is 0.513. The van der Waals surface area contributed by atoms with Gasteiger partial charge in [0, 0.05) is 18.5 Å². The predicted molar refractivity (Wildman–Crippen MR) is 82.6 cm³/mol. The number of para-hydroxylation sites is 1. The van der Waals surface area contributed by atoms with Crippen LogP contribution in [0.1, 0.15) is 18.9 Å². The SMILES string of the molecule is CCOc1cncc(NCc2cccc3c2OCCCO3)n1. The van der Waals surface area contributed by atoms with E-state index in [4.69, 9.17) is 14.2 Å². The number of anilines is 1. The van der Waals surface area contributed by atoms with Crippen LogP contribution >= 0.6 is 0 Å². The van der Waals surface area contributed by atoms with Crippen molar-refractivity contribution in [3.8, 4) is 17.4 Å². The van der Waals surface area contributed by atoms with Gasteiger partial charge in [-0.3, -0.25) is 4.98 Å². The van der Waals surface area contributed by atoms with Crippen LogP contribution in [0.5, 0.6) is 17.4 Å². The number of benzene rings is 1. The molecule has 3 rings (SSSR count). The number of aromatic nitrogens is 2. The first-order chi connectivity index (χ1) is 10.9. The summed E-state index contributed by atoms with van der Waals surface area (Å²) in [6.07, 6.45) is 4.16. The molecular weight excluding hydrogens is 282 g/mol. The van der Waals surface area contributed by atoms with Crippen molar-refractivity contribution >= 4 is 5.82 Å². The topological polar surface area (TPSA) is 65.5 Å². The molecule has 116 valence electrons. The molecule has 0 saturated heterocycles. The first-order valence-electron chi connectivity index (χ1n) is 7.43. The van der Waals surface area contributed by atoms with Crippen LogP contribution < -0.4 is 19.5 Å². The van der Waals surface area contributed by atoms with Crippen molar-refractivity contribution < 1.29 is 14.2 Å². The third-order valence-electron chi connectivity index (χ3n) is 3.22. The van der Waals surface area contributed by atoms with Crippen LogP contribution in [0.2, 0.25) is 0 Å². The Kier molecular flexibility index (Phi) is 4.58. The lowest BCUT2D eigenvalue weighted by Crippen LogP contribution is -2.06. The Morgan fingerprint density at radius 1 is 1.23 bits per heavy atom. The fraction of sp³-hybridized carbons (Fsp3) is 0.375. The van der Waals surface area contributed by atoms with Gasteiger partial charge in [-0.25, -0.2) is 0 Å². The van der Waals surface area contributed by atoms with Crippen LogP contribution in [0.3, 0.4) is 0 Å². The quantitative estimate of drug-likeness (QED) is 0.916. The highest BCUT2D eigenvalue weighted by molar-refractivity contribution is 5.48. The Hall–Kier alpha value is -2.50. The highest BCUT2D eigenvalue weighted by atomic mass is 16.5. The van der Waals surface area contributed by atoms with Crippen LogP contribution in [0.25, 0.3) is 0 Å². The van der Waals surface area contributed by atoms with Gasteiger partial charge in [0.15, 0.2) is 11.5 Å². The molecule has 1 N–H and O–H groups in total. The van der Waals surface area contributed by atoms with Crippen molar-refractivity contribution in [2.45, 2.75) is 19.9 Å². The van der Waals surface area contributed by atoms with E-state index in [0.29, 0.717) is 38.1 Å². The van der Waals surface area contributed by atoms with Crippen molar-refractivity contribution in [1.29, 1.82) is 0 Å². The van der Waals surface area contributed by atoms with Gasteiger partial charge in [0.1, 0.15) is 5.82 Å². The molecule has 1 aliphatic rings. The number of nitrogens with one attached hydrogen (secondary N) is 1. The standard InChI is InChI=1S/C16H19N3O3/c1-2-20-15-11-17-10-14(19-15)18-9-12-5-3-6-13-16(12)22-8-4-7-21-13/h3,5-6,10-11H,2,4,7-9H2,1H3,(H,18,19). The predicted octanol–water partition coefficient (Wildman–Crippen LogP) is 2.65. The van der Waals surface area contributed by atoms with E-state index in [1.54, 1.807) is 12.4 Å². The zero-order chi connectivity index (χ0) is 15.2. The molecule has 0 spiro atoms. The van der Waals surface area contributed by atoms with Crippen molar-refractivity contribution in [1.82, 2.24) is 9.97 Å². The summed E-state index contributed by atoms with van der Waals surface area (Å²) < 4.78 is 16.8. The molecule has 6 nitrogen and oxygen atoms in total. The van der Waals surface area contributed by atoms with Crippen LogP contribution in [-0.4, -0.2) is 29.8 Å². The average molecular weight is 301 g/mol. The fourth-order valence-corrected chi connectivity index (χ4v) is 2.23. The first kappa shape index (κ1) is 14.4. The van der Waals surface area contributed by atoms with E-state index in [1.165, 1.54) is 0 Å². The number of hydrogen-bond acceptors (Lipinski definition) is 6. The van der Waals surface area contributed by atoms with Crippen LogP contribution in [0, 0.1) is 0 Å². The Bertz CT molecular complexity index is 634. The second kappa shape index (κ2) is 6.98. The molecule has 1 aromatic heterocycles. The molecule has 0 bridgehead atoms. The Balaban J connectivity index is 1.72. The monoisotopic (exact) mass is 301 g/mol. The summed E-state index contributed by atoms with van der Waals surface area (Å²) in [4.78, 5) is 8.45. The molecule has 0 atom stereocenters. The number of ether oxygens (including phenoxy) is 3. The van der Waals surface area contributed by atoms with E-state index in [2.05, 4.69) is 15.3 Å². The van der Waals surface area contributed by atoms with Gasteiger partial charge < -0.3 is 19.5 Å².